The van der Waals surface area contributed by atoms with Crippen LogP contribution in [0.15, 0.2) is 24.3 Å². The Labute approximate surface area is 102 Å². The zero-order chi connectivity index (χ0) is 12.9. The van der Waals surface area contributed by atoms with E-state index in [1.54, 1.807) is 18.2 Å². The second-order valence-corrected chi connectivity index (χ2v) is 6.33. The zero-order valence-electron chi connectivity index (χ0n) is 10.1. The first kappa shape index (κ1) is 14.1. The molecule has 0 saturated heterocycles. The van der Waals surface area contributed by atoms with Gasteiger partial charge in [0.1, 0.15) is 15.7 Å². The average Bonchev–Trinajstić information content (AvgIpc) is 2.19. The standard InChI is InChI=1S/C12H18FNO2S/c1-3-14-11(9-17(2,15)16)8-10-6-4-5-7-12(10)13/h4-7,11,14H,3,8-9H2,1-2H3. The Morgan fingerprint density at radius 3 is 2.53 bits per heavy atom. The number of hydrogen-bond donors (Lipinski definition) is 1. The molecule has 0 aromatic heterocycles. The Hall–Kier alpha value is -0.940. The lowest BCUT2D eigenvalue weighted by molar-refractivity contribution is 0.529. The summed E-state index contributed by atoms with van der Waals surface area (Å²) in [7, 11) is -3.06. The van der Waals surface area contributed by atoms with Gasteiger partial charge in [0.05, 0.1) is 5.75 Å². The predicted molar refractivity (Wildman–Crippen MR) is 67.3 cm³/mol. The van der Waals surface area contributed by atoms with Gasteiger partial charge < -0.3 is 5.32 Å². The number of rotatable bonds is 6. The van der Waals surface area contributed by atoms with Gasteiger partial charge in [0.25, 0.3) is 0 Å². The Balaban J connectivity index is 2.77. The fourth-order valence-electron chi connectivity index (χ4n) is 1.77. The van der Waals surface area contributed by atoms with E-state index in [1.807, 2.05) is 6.92 Å². The van der Waals surface area contributed by atoms with Gasteiger partial charge in [0.2, 0.25) is 0 Å². The fraction of sp³-hybridized carbons (Fsp3) is 0.500. The van der Waals surface area contributed by atoms with Crippen LogP contribution in [-0.2, 0) is 16.3 Å². The highest BCUT2D eigenvalue weighted by molar-refractivity contribution is 7.90. The van der Waals surface area contributed by atoms with E-state index < -0.39 is 9.84 Å². The Kier molecular flexibility index (Phi) is 5.08. The van der Waals surface area contributed by atoms with Gasteiger partial charge in [-0.1, -0.05) is 25.1 Å². The molecule has 3 nitrogen and oxygen atoms in total. The van der Waals surface area contributed by atoms with Crippen molar-refractivity contribution in [1.29, 1.82) is 0 Å². The molecule has 0 amide bonds. The second-order valence-electron chi connectivity index (χ2n) is 4.14. The molecule has 0 aliphatic carbocycles. The summed E-state index contributed by atoms with van der Waals surface area (Å²) in [5.74, 6) is -0.265. The van der Waals surface area contributed by atoms with Crippen LogP contribution in [0.2, 0.25) is 0 Å². The molecule has 0 bridgehead atoms. The van der Waals surface area contributed by atoms with Crippen LogP contribution in [0.1, 0.15) is 12.5 Å². The van der Waals surface area contributed by atoms with Crippen molar-refractivity contribution in [3.8, 4) is 0 Å². The van der Waals surface area contributed by atoms with E-state index >= 15 is 0 Å². The lowest BCUT2D eigenvalue weighted by atomic mass is 10.1. The van der Waals surface area contributed by atoms with Crippen molar-refractivity contribution in [3.05, 3.63) is 35.6 Å². The van der Waals surface area contributed by atoms with Crippen molar-refractivity contribution in [3.63, 3.8) is 0 Å². The summed E-state index contributed by atoms with van der Waals surface area (Å²) >= 11 is 0. The zero-order valence-corrected chi connectivity index (χ0v) is 10.9. The summed E-state index contributed by atoms with van der Waals surface area (Å²) < 4.78 is 36.0. The average molecular weight is 259 g/mol. The van der Waals surface area contributed by atoms with Gasteiger partial charge in [-0.05, 0) is 24.6 Å². The molecule has 17 heavy (non-hydrogen) atoms. The summed E-state index contributed by atoms with van der Waals surface area (Å²) in [5, 5.41) is 3.07. The van der Waals surface area contributed by atoms with Crippen LogP contribution in [0, 0.1) is 5.82 Å². The van der Waals surface area contributed by atoms with Crippen LogP contribution in [0.3, 0.4) is 0 Å². The quantitative estimate of drug-likeness (QED) is 0.840. The van der Waals surface area contributed by atoms with Crippen LogP contribution in [0.4, 0.5) is 4.39 Å². The van der Waals surface area contributed by atoms with Gasteiger partial charge in [0, 0.05) is 12.3 Å². The fourth-order valence-corrected chi connectivity index (χ4v) is 2.74. The number of sulfone groups is 1. The first-order chi connectivity index (χ1) is 7.92. The third-order valence-corrected chi connectivity index (χ3v) is 3.43. The van der Waals surface area contributed by atoms with Gasteiger partial charge in [-0.3, -0.25) is 0 Å². The van der Waals surface area contributed by atoms with E-state index in [4.69, 9.17) is 0 Å². The van der Waals surface area contributed by atoms with E-state index in [9.17, 15) is 12.8 Å². The van der Waals surface area contributed by atoms with Crippen LogP contribution < -0.4 is 5.32 Å². The Morgan fingerprint density at radius 2 is 2.00 bits per heavy atom. The molecule has 0 spiro atoms. The van der Waals surface area contributed by atoms with Crippen LogP contribution in [0.5, 0.6) is 0 Å². The molecule has 1 unspecified atom stereocenters. The Bertz CT molecular complexity index is 459. The van der Waals surface area contributed by atoms with Crippen molar-refractivity contribution in [2.45, 2.75) is 19.4 Å². The van der Waals surface area contributed by atoms with Crippen LogP contribution in [-0.4, -0.2) is 33.0 Å². The molecular formula is C12H18FNO2S. The van der Waals surface area contributed by atoms with E-state index in [-0.39, 0.29) is 17.6 Å². The molecule has 1 N–H and O–H groups in total. The first-order valence-corrected chi connectivity index (χ1v) is 7.63. The Morgan fingerprint density at radius 1 is 1.35 bits per heavy atom. The van der Waals surface area contributed by atoms with Crippen LogP contribution in [0.25, 0.3) is 0 Å². The molecule has 1 aromatic carbocycles. The minimum Gasteiger partial charge on any atom is -0.313 e. The van der Waals surface area contributed by atoms with Crippen molar-refractivity contribution in [1.82, 2.24) is 5.32 Å². The predicted octanol–water partition coefficient (Wildman–Crippen LogP) is 1.39. The highest BCUT2D eigenvalue weighted by Crippen LogP contribution is 2.10. The van der Waals surface area contributed by atoms with Gasteiger partial charge in [-0.15, -0.1) is 0 Å². The van der Waals surface area contributed by atoms with Gasteiger partial charge in [-0.2, -0.15) is 0 Å². The largest absolute Gasteiger partial charge is 0.313 e. The van der Waals surface area contributed by atoms with E-state index in [2.05, 4.69) is 5.32 Å². The smallest absolute Gasteiger partial charge is 0.148 e. The van der Waals surface area contributed by atoms with Gasteiger partial charge in [0.15, 0.2) is 0 Å². The molecule has 1 aromatic rings. The van der Waals surface area contributed by atoms with Crippen LogP contribution >= 0.6 is 0 Å². The maximum Gasteiger partial charge on any atom is 0.148 e. The van der Waals surface area contributed by atoms with Crippen molar-refractivity contribution in [2.24, 2.45) is 0 Å². The van der Waals surface area contributed by atoms with Gasteiger partial charge in [-0.25, -0.2) is 12.8 Å². The lowest BCUT2D eigenvalue weighted by Crippen LogP contribution is -2.37. The topological polar surface area (TPSA) is 46.2 Å². The van der Waals surface area contributed by atoms with E-state index in [1.165, 1.54) is 12.3 Å². The van der Waals surface area contributed by atoms with Gasteiger partial charge >= 0.3 is 0 Å². The molecule has 96 valence electrons. The molecule has 0 radical (unpaired) electrons. The maximum absolute atomic E-state index is 13.4. The highest BCUT2D eigenvalue weighted by atomic mass is 32.2. The minimum absolute atomic E-state index is 0.0230. The number of benzene rings is 1. The van der Waals surface area contributed by atoms with Crippen molar-refractivity contribution in [2.75, 3.05) is 18.6 Å². The minimum atomic E-state index is -3.06. The highest BCUT2D eigenvalue weighted by Gasteiger charge is 2.16. The lowest BCUT2D eigenvalue weighted by Gasteiger charge is -2.17. The monoisotopic (exact) mass is 259 g/mol. The molecular weight excluding hydrogens is 241 g/mol. The SMILES string of the molecule is CCNC(Cc1ccccc1F)CS(C)(=O)=O. The molecule has 0 heterocycles. The maximum atomic E-state index is 13.4. The number of nitrogens with one attached hydrogen (secondary N) is 1. The summed E-state index contributed by atoms with van der Waals surface area (Å²) in [6.45, 7) is 2.56. The summed E-state index contributed by atoms with van der Waals surface area (Å²) in [6.07, 6.45) is 1.58. The first-order valence-electron chi connectivity index (χ1n) is 5.57. The number of likely N-dealkylation sites (N-methyl/N-ethyl adjacent to an activating group) is 1. The normalized spacial score (nSPS) is 13.6. The molecule has 0 fully saturated rings. The molecule has 0 aliphatic rings. The molecule has 0 aliphatic heterocycles. The summed E-state index contributed by atoms with van der Waals surface area (Å²) in [6, 6.07) is 6.20. The molecule has 5 heteroatoms. The third-order valence-electron chi connectivity index (χ3n) is 2.42. The summed E-state index contributed by atoms with van der Waals surface area (Å²) in [5.41, 5.74) is 0.544. The molecule has 1 rings (SSSR count). The van der Waals surface area contributed by atoms with E-state index in [0.717, 1.165) is 0 Å². The second kappa shape index (κ2) is 6.12. The summed E-state index contributed by atoms with van der Waals surface area (Å²) in [4.78, 5) is 0. The van der Waals surface area contributed by atoms with Crippen molar-refractivity contribution >= 4 is 9.84 Å². The number of hydrogen-bond acceptors (Lipinski definition) is 3. The van der Waals surface area contributed by atoms with Crippen molar-refractivity contribution < 1.29 is 12.8 Å². The molecule has 0 saturated carbocycles. The van der Waals surface area contributed by atoms with E-state index in [0.29, 0.717) is 18.5 Å². The number of halogens is 1. The molecule has 1 atom stereocenters. The third kappa shape index (κ3) is 5.28.